The lowest BCUT2D eigenvalue weighted by molar-refractivity contribution is 0.714. The molecule has 1 aliphatic rings. The molecule has 16 heavy (non-hydrogen) atoms. The van der Waals surface area contributed by atoms with Gasteiger partial charge in [-0.2, -0.15) is 0 Å². The summed E-state index contributed by atoms with van der Waals surface area (Å²) < 4.78 is 0. The fraction of sp³-hybridized carbons (Fsp3) is 0.538. The van der Waals surface area contributed by atoms with Crippen LogP contribution in [-0.4, -0.2) is 12.6 Å². The normalized spacial score (nSPS) is 15.1. The number of unbranched alkanes of at least 4 members (excludes halogenated alkanes) is 1. The number of rotatable bonds is 5. The number of nitrogens with zero attached hydrogens (tertiary/aromatic N) is 1. The van der Waals surface area contributed by atoms with E-state index in [2.05, 4.69) is 11.8 Å². The molecule has 1 aromatic carbocycles. The Kier molecular flexibility index (Phi) is 3.59. The minimum Gasteiger partial charge on any atom is -0.397 e. The number of nitrogens with two attached hydrogens (primary N) is 1. The summed E-state index contributed by atoms with van der Waals surface area (Å²) in [7, 11) is 0. The van der Waals surface area contributed by atoms with Crippen LogP contribution in [0.5, 0.6) is 0 Å². The number of hydrogen-bond acceptors (Lipinski definition) is 2. The van der Waals surface area contributed by atoms with Gasteiger partial charge in [0.2, 0.25) is 0 Å². The van der Waals surface area contributed by atoms with Crippen molar-refractivity contribution in [1.82, 2.24) is 0 Å². The smallest absolute Gasteiger partial charge is 0.0791 e. The van der Waals surface area contributed by atoms with Crippen molar-refractivity contribution in [1.29, 1.82) is 0 Å². The predicted octanol–water partition coefficient (Wildman–Crippen LogP) is 3.69. The number of para-hydroxylation sites is 1. The summed E-state index contributed by atoms with van der Waals surface area (Å²) in [5.74, 6) is 0. The second kappa shape index (κ2) is 4.96. The Morgan fingerprint density at radius 3 is 2.75 bits per heavy atom. The molecule has 2 N–H and O–H groups in total. The molecule has 0 heterocycles. The molecule has 0 spiro atoms. The van der Waals surface area contributed by atoms with Gasteiger partial charge in [0.25, 0.3) is 0 Å². The molecule has 1 aliphatic carbocycles. The lowest BCUT2D eigenvalue weighted by Crippen LogP contribution is -2.27. The maximum atomic E-state index is 6.25. The molecule has 1 fully saturated rings. The molecule has 0 saturated heterocycles. The molecule has 0 aromatic heterocycles. The van der Waals surface area contributed by atoms with Gasteiger partial charge in [-0.05, 0) is 31.4 Å². The van der Waals surface area contributed by atoms with Gasteiger partial charge in [0.1, 0.15) is 0 Å². The first kappa shape index (κ1) is 11.6. The van der Waals surface area contributed by atoms with Crippen molar-refractivity contribution in [2.24, 2.45) is 0 Å². The van der Waals surface area contributed by atoms with E-state index in [-0.39, 0.29) is 0 Å². The summed E-state index contributed by atoms with van der Waals surface area (Å²) >= 11 is 6.25. The average Bonchev–Trinajstić information content (AvgIpc) is 3.06. The summed E-state index contributed by atoms with van der Waals surface area (Å²) in [5, 5.41) is 0.781. The molecule has 1 saturated carbocycles. The highest BCUT2D eigenvalue weighted by molar-refractivity contribution is 6.34. The highest BCUT2D eigenvalue weighted by atomic mass is 35.5. The summed E-state index contributed by atoms with van der Waals surface area (Å²) in [5.41, 5.74) is 7.88. The Balaban J connectivity index is 2.23. The zero-order valence-electron chi connectivity index (χ0n) is 9.75. The molecule has 0 bridgehead atoms. The molecule has 0 unspecified atom stereocenters. The molecular weight excluding hydrogens is 220 g/mol. The molecule has 3 heteroatoms. The Morgan fingerprint density at radius 1 is 1.44 bits per heavy atom. The third-order valence-electron chi connectivity index (χ3n) is 3.05. The van der Waals surface area contributed by atoms with Gasteiger partial charge < -0.3 is 10.6 Å². The zero-order valence-corrected chi connectivity index (χ0v) is 10.5. The highest BCUT2D eigenvalue weighted by Crippen LogP contribution is 2.39. The number of benzene rings is 1. The minimum atomic E-state index is 0.661. The molecule has 0 aliphatic heterocycles. The lowest BCUT2D eigenvalue weighted by atomic mass is 10.2. The van der Waals surface area contributed by atoms with Gasteiger partial charge in [0, 0.05) is 12.6 Å². The molecular formula is C13H19ClN2. The number of halogens is 1. The SMILES string of the molecule is CCCCN(c1c(N)cccc1Cl)C1CC1. The van der Waals surface area contributed by atoms with Crippen LogP contribution in [0.3, 0.4) is 0 Å². The number of anilines is 2. The molecule has 1 aromatic rings. The minimum absolute atomic E-state index is 0.661. The third kappa shape index (κ3) is 2.43. The zero-order chi connectivity index (χ0) is 11.5. The van der Waals surface area contributed by atoms with E-state index in [0.717, 1.165) is 22.9 Å². The molecule has 0 atom stereocenters. The maximum absolute atomic E-state index is 6.25. The molecule has 0 amide bonds. The van der Waals surface area contributed by atoms with Crippen LogP contribution in [0.2, 0.25) is 5.02 Å². The fourth-order valence-corrected chi connectivity index (χ4v) is 2.32. The molecule has 88 valence electrons. The van der Waals surface area contributed by atoms with Crippen LogP contribution in [0.25, 0.3) is 0 Å². The van der Waals surface area contributed by atoms with Crippen molar-refractivity contribution in [2.75, 3.05) is 17.2 Å². The third-order valence-corrected chi connectivity index (χ3v) is 3.35. The van der Waals surface area contributed by atoms with Crippen LogP contribution in [0.15, 0.2) is 18.2 Å². The van der Waals surface area contributed by atoms with Gasteiger partial charge in [-0.15, -0.1) is 0 Å². The van der Waals surface area contributed by atoms with Crippen LogP contribution >= 0.6 is 11.6 Å². The van der Waals surface area contributed by atoms with Crippen molar-refractivity contribution >= 4 is 23.0 Å². The van der Waals surface area contributed by atoms with E-state index in [4.69, 9.17) is 17.3 Å². The Hall–Kier alpha value is -0.890. The van der Waals surface area contributed by atoms with Crippen LogP contribution in [-0.2, 0) is 0 Å². The Labute approximate surface area is 102 Å². The number of nitrogen functional groups attached to an aromatic ring is 1. The van der Waals surface area contributed by atoms with Gasteiger partial charge in [0.05, 0.1) is 16.4 Å². The standard InChI is InChI=1S/C13H19ClN2/c1-2-3-9-16(10-7-8-10)13-11(14)5-4-6-12(13)15/h4-6,10H,2-3,7-9,15H2,1H3. The van der Waals surface area contributed by atoms with Gasteiger partial charge in [-0.3, -0.25) is 0 Å². The van der Waals surface area contributed by atoms with Crippen LogP contribution in [0.1, 0.15) is 32.6 Å². The van der Waals surface area contributed by atoms with E-state index in [1.807, 2.05) is 18.2 Å². The average molecular weight is 239 g/mol. The molecule has 0 radical (unpaired) electrons. The van der Waals surface area contributed by atoms with Crippen molar-refractivity contribution in [3.63, 3.8) is 0 Å². The van der Waals surface area contributed by atoms with E-state index in [0.29, 0.717) is 6.04 Å². The van der Waals surface area contributed by atoms with Crippen molar-refractivity contribution in [3.8, 4) is 0 Å². The molecule has 2 rings (SSSR count). The largest absolute Gasteiger partial charge is 0.397 e. The van der Waals surface area contributed by atoms with Gasteiger partial charge in [0.15, 0.2) is 0 Å². The quantitative estimate of drug-likeness (QED) is 0.793. The summed E-state index contributed by atoms with van der Waals surface area (Å²) in [6.07, 6.45) is 4.94. The van der Waals surface area contributed by atoms with E-state index in [9.17, 15) is 0 Å². The predicted molar refractivity (Wildman–Crippen MR) is 71.1 cm³/mol. The first-order chi connectivity index (χ1) is 7.74. The van der Waals surface area contributed by atoms with Crippen molar-refractivity contribution in [3.05, 3.63) is 23.2 Å². The first-order valence-electron chi connectivity index (χ1n) is 6.04. The topological polar surface area (TPSA) is 29.3 Å². The van der Waals surface area contributed by atoms with Crippen molar-refractivity contribution in [2.45, 2.75) is 38.6 Å². The van der Waals surface area contributed by atoms with Gasteiger partial charge in [-0.1, -0.05) is 31.0 Å². The lowest BCUT2D eigenvalue weighted by Gasteiger charge is -2.27. The Morgan fingerprint density at radius 2 is 2.19 bits per heavy atom. The van der Waals surface area contributed by atoms with E-state index in [1.165, 1.54) is 25.7 Å². The van der Waals surface area contributed by atoms with Crippen LogP contribution in [0, 0.1) is 0 Å². The maximum Gasteiger partial charge on any atom is 0.0791 e. The fourth-order valence-electron chi connectivity index (χ4n) is 2.03. The molecule has 2 nitrogen and oxygen atoms in total. The second-order valence-corrected chi connectivity index (χ2v) is 4.86. The summed E-state index contributed by atoms with van der Waals surface area (Å²) in [6.45, 7) is 3.27. The monoisotopic (exact) mass is 238 g/mol. The Bertz CT molecular complexity index is 341. The number of hydrogen-bond donors (Lipinski definition) is 1. The second-order valence-electron chi connectivity index (χ2n) is 4.46. The summed E-state index contributed by atoms with van der Waals surface area (Å²) in [4.78, 5) is 2.39. The van der Waals surface area contributed by atoms with E-state index in [1.54, 1.807) is 0 Å². The van der Waals surface area contributed by atoms with E-state index < -0.39 is 0 Å². The van der Waals surface area contributed by atoms with Crippen molar-refractivity contribution < 1.29 is 0 Å². The van der Waals surface area contributed by atoms with Gasteiger partial charge >= 0.3 is 0 Å². The summed E-state index contributed by atoms with van der Waals surface area (Å²) in [6, 6.07) is 6.43. The highest BCUT2D eigenvalue weighted by Gasteiger charge is 2.30. The van der Waals surface area contributed by atoms with Crippen LogP contribution < -0.4 is 10.6 Å². The van der Waals surface area contributed by atoms with Crippen LogP contribution in [0.4, 0.5) is 11.4 Å². The van der Waals surface area contributed by atoms with Gasteiger partial charge in [-0.25, -0.2) is 0 Å². The van der Waals surface area contributed by atoms with E-state index >= 15 is 0 Å². The first-order valence-corrected chi connectivity index (χ1v) is 6.42.